The summed E-state index contributed by atoms with van der Waals surface area (Å²) >= 11 is 5.69. The fourth-order valence-electron chi connectivity index (χ4n) is 0.872. The van der Waals surface area contributed by atoms with Gasteiger partial charge in [-0.05, 0) is 31.2 Å². The van der Waals surface area contributed by atoms with Crippen LogP contribution in [0.1, 0.15) is 6.92 Å². The molecule has 0 saturated carbocycles. The third kappa shape index (κ3) is 4.51. The standard InChI is InChI=1S/C11H11ClO3/c1-2-14-11(13)7-8-15-10-5-3-9(12)4-6-10/h3-8H,2H2,1H3/b8-7+. The summed E-state index contributed by atoms with van der Waals surface area (Å²) in [5.41, 5.74) is 0. The van der Waals surface area contributed by atoms with Gasteiger partial charge in [0.1, 0.15) is 5.75 Å². The van der Waals surface area contributed by atoms with Crippen molar-refractivity contribution in [3.8, 4) is 5.75 Å². The van der Waals surface area contributed by atoms with E-state index in [1.807, 2.05) is 0 Å². The first-order chi connectivity index (χ1) is 7.22. The number of halogens is 1. The lowest BCUT2D eigenvalue weighted by atomic mass is 10.3. The Morgan fingerprint density at radius 3 is 2.67 bits per heavy atom. The average molecular weight is 227 g/mol. The monoisotopic (exact) mass is 226 g/mol. The topological polar surface area (TPSA) is 35.5 Å². The molecule has 0 aliphatic heterocycles. The smallest absolute Gasteiger partial charge is 0.333 e. The molecule has 0 heterocycles. The number of esters is 1. The van der Waals surface area contributed by atoms with Crippen molar-refractivity contribution in [2.24, 2.45) is 0 Å². The fraction of sp³-hybridized carbons (Fsp3) is 0.182. The van der Waals surface area contributed by atoms with E-state index < -0.39 is 5.97 Å². The molecule has 0 spiro atoms. The molecule has 0 bridgehead atoms. The highest BCUT2D eigenvalue weighted by Gasteiger charge is 1.94. The molecule has 0 N–H and O–H groups in total. The molecule has 0 radical (unpaired) electrons. The summed E-state index contributed by atoms with van der Waals surface area (Å²) in [5.74, 6) is 0.186. The van der Waals surface area contributed by atoms with Gasteiger partial charge in [-0.1, -0.05) is 11.6 Å². The average Bonchev–Trinajstić information content (AvgIpc) is 2.21. The second kappa shape index (κ2) is 6.09. The van der Waals surface area contributed by atoms with Gasteiger partial charge in [-0.15, -0.1) is 0 Å². The van der Waals surface area contributed by atoms with Gasteiger partial charge in [-0.3, -0.25) is 0 Å². The first kappa shape index (κ1) is 11.6. The molecule has 0 fully saturated rings. The maximum absolute atomic E-state index is 10.9. The van der Waals surface area contributed by atoms with E-state index in [2.05, 4.69) is 4.74 Å². The molecule has 1 rings (SSSR count). The van der Waals surface area contributed by atoms with E-state index in [1.54, 1.807) is 31.2 Å². The molecule has 15 heavy (non-hydrogen) atoms. The predicted molar refractivity (Wildman–Crippen MR) is 57.9 cm³/mol. The van der Waals surface area contributed by atoms with E-state index in [0.717, 1.165) is 0 Å². The van der Waals surface area contributed by atoms with Crippen molar-refractivity contribution in [1.29, 1.82) is 0 Å². The molecule has 3 nitrogen and oxygen atoms in total. The minimum absolute atomic E-state index is 0.351. The van der Waals surface area contributed by atoms with Gasteiger partial charge in [-0.2, -0.15) is 0 Å². The lowest BCUT2D eigenvalue weighted by Crippen LogP contribution is -1.99. The molecular formula is C11H11ClO3. The third-order valence-electron chi connectivity index (χ3n) is 1.51. The second-order valence-electron chi connectivity index (χ2n) is 2.63. The Balaban J connectivity index is 2.43. The molecule has 0 atom stereocenters. The van der Waals surface area contributed by atoms with E-state index >= 15 is 0 Å². The van der Waals surface area contributed by atoms with E-state index in [9.17, 15) is 4.79 Å². The maximum atomic E-state index is 10.9. The van der Waals surface area contributed by atoms with Crippen LogP contribution in [0, 0.1) is 0 Å². The van der Waals surface area contributed by atoms with E-state index in [-0.39, 0.29) is 0 Å². The summed E-state index contributed by atoms with van der Waals surface area (Å²) in [6, 6.07) is 6.82. The van der Waals surface area contributed by atoms with Crippen LogP contribution in [-0.4, -0.2) is 12.6 Å². The molecular weight excluding hydrogens is 216 g/mol. The molecule has 0 unspecified atom stereocenters. The van der Waals surface area contributed by atoms with Gasteiger partial charge in [0.2, 0.25) is 0 Å². The van der Waals surface area contributed by atoms with Crippen LogP contribution in [0.15, 0.2) is 36.6 Å². The Morgan fingerprint density at radius 1 is 1.40 bits per heavy atom. The summed E-state index contributed by atoms with van der Waals surface area (Å²) in [6.45, 7) is 2.09. The molecule has 4 heteroatoms. The first-order valence-electron chi connectivity index (χ1n) is 4.48. The largest absolute Gasteiger partial charge is 0.465 e. The van der Waals surface area contributed by atoms with Gasteiger partial charge >= 0.3 is 5.97 Å². The van der Waals surface area contributed by atoms with E-state index in [1.165, 1.54) is 12.3 Å². The zero-order chi connectivity index (χ0) is 11.1. The zero-order valence-electron chi connectivity index (χ0n) is 8.27. The summed E-state index contributed by atoms with van der Waals surface area (Å²) in [6.07, 6.45) is 2.50. The highest BCUT2D eigenvalue weighted by molar-refractivity contribution is 6.30. The lowest BCUT2D eigenvalue weighted by molar-refractivity contribution is -0.137. The lowest BCUT2D eigenvalue weighted by Gasteiger charge is -1.99. The number of carbonyl (C=O) groups is 1. The highest BCUT2D eigenvalue weighted by Crippen LogP contribution is 2.15. The van der Waals surface area contributed by atoms with Crippen LogP contribution in [0.25, 0.3) is 0 Å². The maximum Gasteiger partial charge on any atom is 0.333 e. The van der Waals surface area contributed by atoms with Gasteiger partial charge < -0.3 is 9.47 Å². The number of hydrogen-bond acceptors (Lipinski definition) is 3. The minimum Gasteiger partial charge on any atom is -0.465 e. The van der Waals surface area contributed by atoms with Crippen LogP contribution in [0.4, 0.5) is 0 Å². The molecule has 0 amide bonds. The summed E-state index contributed by atoms with van der Waals surface area (Å²) in [7, 11) is 0. The Kier molecular flexibility index (Phi) is 4.71. The second-order valence-corrected chi connectivity index (χ2v) is 3.06. The van der Waals surface area contributed by atoms with Gasteiger partial charge in [0.25, 0.3) is 0 Å². The van der Waals surface area contributed by atoms with Crippen molar-refractivity contribution in [1.82, 2.24) is 0 Å². The van der Waals surface area contributed by atoms with Gasteiger partial charge in [0.15, 0.2) is 0 Å². The van der Waals surface area contributed by atoms with E-state index in [4.69, 9.17) is 16.3 Å². The molecule has 0 aromatic heterocycles. The Morgan fingerprint density at radius 2 is 2.07 bits per heavy atom. The third-order valence-corrected chi connectivity index (χ3v) is 1.76. The Bertz CT molecular complexity index is 343. The van der Waals surface area contributed by atoms with Crippen molar-refractivity contribution < 1.29 is 14.3 Å². The van der Waals surface area contributed by atoms with Crippen molar-refractivity contribution >= 4 is 17.6 Å². The fourth-order valence-corrected chi connectivity index (χ4v) is 0.998. The minimum atomic E-state index is -0.425. The van der Waals surface area contributed by atoms with Crippen LogP contribution in [0.3, 0.4) is 0 Å². The van der Waals surface area contributed by atoms with Crippen molar-refractivity contribution in [2.45, 2.75) is 6.92 Å². The molecule has 0 saturated heterocycles. The number of benzene rings is 1. The SMILES string of the molecule is CCOC(=O)/C=C/Oc1ccc(Cl)cc1. The molecule has 0 aliphatic carbocycles. The Labute approximate surface area is 93.3 Å². The van der Waals surface area contributed by atoms with Crippen LogP contribution in [0.5, 0.6) is 5.75 Å². The van der Waals surface area contributed by atoms with E-state index in [0.29, 0.717) is 17.4 Å². The highest BCUT2D eigenvalue weighted by atomic mass is 35.5. The van der Waals surface area contributed by atoms with Crippen LogP contribution < -0.4 is 4.74 Å². The number of rotatable bonds is 4. The quantitative estimate of drug-likeness (QED) is 0.450. The van der Waals surface area contributed by atoms with Crippen molar-refractivity contribution in [3.05, 3.63) is 41.6 Å². The van der Waals surface area contributed by atoms with Crippen molar-refractivity contribution in [2.75, 3.05) is 6.61 Å². The van der Waals surface area contributed by atoms with Gasteiger partial charge in [-0.25, -0.2) is 4.79 Å². The van der Waals surface area contributed by atoms with Crippen LogP contribution >= 0.6 is 11.6 Å². The van der Waals surface area contributed by atoms with Gasteiger partial charge in [0.05, 0.1) is 18.9 Å². The summed E-state index contributed by atoms with van der Waals surface area (Å²) < 4.78 is 9.81. The number of carbonyl (C=O) groups excluding carboxylic acids is 1. The Hall–Kier alpha value is -1.48. The van der Waals surface area contributed by atoms with Gasteiger partial charge in [0, 0.05) is 5.02 Å². The predicted octanol–water partition coefficient (Wildman–Crippen LogP) is 2.80. The first-order valence-corrected chi connectivity index (χ1v) is 4.85. The number of ether oxygens (including phenoxy) is 2. The normalized spacial score (nSPS) is 10.3. The van der Waals surface area contributed by atoms with Crippen molar-refractivity contribution in [3.63, 3.8) is 0 Å². The molecule has 80 valence electrons. The summed E-state index contributed by atoms with van der Waals surface area (Å²) in [4.78, 5) is 10.9. The molecule has 1 aromatic rings. The number of hydrogen-bond donors (Lipinski definition) is 0. The zero-order valence-corrected chi connectivity index (χ0v) is 9.03. The molecule has 0 aliphatic rings. The van der Waals surface area contributed by atoms with Crippen LogP contribution in [0.2, 0.25) is 5.02 Å². The summed E-state index contributed by atoms with van der Waals surface area (Å²) in [5, 5.41) is 0.636. The molecule has 1 aromatic carbocycles. The van der Waals surface area contributed by atoms with Crippen LogP contribution in [-0.2, 0) is 9.53 Å².